The van der Waals surface area contributed by atoms with E-state index in [4.69, 9.17) is 4.74 Å². The third-order valence-electron chi connectivity index (χ3n) is 2.98. The molecule has 0 radical (unpaired) electrons. The van der Waals surface area contributed by atoms with Crippen molar-refractivity contribution in [3.63, 3.8) is 0 Å². The van der Waals surface area contributed by atoms with Gasteiger partial charge in [-0.25, -0.2) is 0 Å². The van der Waals surface area contributed by atoms with E-state index in [0.717, 1.165) is 5.75 Å². The smallest absolute Gasteiger partial charge is 0.128 e. The molecule has 0 unspecified atom stereocenters. The van der Waals surface area contributed by atoms with E-state index in [1.807, 2.05) is 18.2 Å². The van der Waals surface area contributed by atoms with Gasteiger partial charge < -0.3 is 4.74 Å². The Labute approximate surface area is 118 Å². The van der Waals surface area contributed by atoms with E-state index in [0.29, 0.717) is 0 Å². The molecule has 0 N–H and O–H groups in total. The molecular formula is C17H16OS. The van der Waals surface area contributed by atoms with Crippen molar-refractivity contribution in [3.05, 3.63) is 66.2 Å². The lowest BCUT2D eigenvalue weighted by molar-refractivity contribution is 0.158. The third kappa shape index (κ3) is 2.69. The van der Waals surface area contributed by atoms with Gasteiger partial charge in [-0.05, 0) is 38.1 Å². The summed E-state index contributed by atoms with van der Waals surface area (Å²) in [6.45, 7) is 4.18. The summed E-state index contributed by atoms with van der Waals surface area (Å²) >= 11 is 1.79. The first-order valence-electron chi connectivity index (χ1n) is 6.38. The van der Waals surface area contributed by atoms with Gasteiger partial charge in [-0.2, -0.15) is 0 Å². The van der Waals surface area contributed by atoms with Crippen LogP contribution in [0, 0.1) is 0 Å². The topological polar surface area (TPSA) is 9.23 Å². The van der Waals surface area contributed by atoms with Gasteiger partial charge in [-0.1, -0.05) is 48.2 Å². The van der Waals surface area contributed by atoms with Crippen molar-refractivity contribution < 1.29 is 4.74 Å². The Morgan fingerprint density at radius 3 is 2.37 bits per heavy atom. The Morgan fingerprint density at radius 1 is 0.895 bits per heavy atom. The van der Waals surface area contributed by atoms with E-state index in [1.54, 1.807) is 11.8 Å². The zero-order valence-corrected chi connectivity index (χ0v) is 11.9. The van der Waals surface area contributed by atoms with Gasteiger partial charge in [0, 0.05) is 15.4 Å². The number of hydrogen-bond acceptors (Lipinski definition) is 2. The molecule has 0 aliphatic carbocycles. The number of benzene rings is 2. The molecule has 2 aromatic rings. The highest BCUT2D eigenvalue weighted by Gasteiger charge is 2.26. The van der Waals surface area contributed by atoms with Crippen LogP contribution in [0.1, 0.15) is 19.4 Å². The Kier molecular flexibility index (Phi) is 3.11. The van der Waals surface area contributed by atoms with Gasteiger partial charge >= 0.3 is 0 Å². The summed E-state index contributed by atoms with van der Waals surface area (Å²) in [5.74, 6) is 0.966. The Hall–Kier alpha value is -1.67. The zero-order chi connectivity index (χ0) is 13.3. The van der Waals surface area contributed by atoms with Gasteiger partial charge in [-0.3, -0.25) is 0 Å². The second-order valence-electron chi connectivity index (χ2n) is 5.13. The molecule has 1 heterocycles. The largest absolute Gasteiger partial charge is 0.483 e. The molecule has 0 atom stereocenters. The minimum Gasteiger partial charge on any atom is -0.483 e. The molecule has 0 bridgehead atoms. The van der Waals surface area contributed by atoms with Crippen LogP contribution in [0.15, 0.2) is 65.6 Å². The van der Waals surface area contributed by atoms with Crippen molar-refractivity contribution in [2.75, 3.05) is 0 Å². The molecule has 1 aliphatic heterocycles. The SMILES string of the molecule is CC1(C)C=C(Sc2ccccc2)c2ccccc2O1. The maximum Gasteiger partial charge on any atom is 0.128 e. The van der Waals surface area contributed by atoms with E-state index in [1.165, 1.54) is 15.4 Å². The summed E-state index contributed by atoms with van der Waals surface area (Å²) < 4.78 is 6.00. The van der Waals surface area contributed by atoms with Crippen LogP contribution in [0.25, 0.3) is 4.91 Å². The number of thioether (sulfide) groups is 1. The maximum absolute atomic E-state index is 6.00. The van der Waals surface area contributed by atoms with E-state index >= 15 is 0 Å². The van der Waals surface area contributed by atoms with Gasteiger partial charge in [0.15, 0.2) is 0 Å². The molecule has 3 rings (SSSR count). The predicted molar refractivity (Wildman–Crippen MR) is 81.4 cm³/mol. The lowest BCUT2D eigenvalue weighted by atomic mass is 10.0. The van der Waals surface area contributed by atoms with Crippen molar-refractivity contribution in [2.24, 2.45) is 0 Å². The molecule has 2 aromatic carbocycles. The van der Waals surface area contributed by atoms with Gasteiger partial charge in [0.05, 0.1) is 0 Å². The van der Waals surface area contributed by atoms with E-state index in [9.17, 15) is 0 Å². The summed E-state index contributed by atoms with van der Waals surface area (Å²) in [7, 11) is 0. The van der Waals surface area contributed by atoms with Crippen LogP contribution in [0.2, 0.25) is 0 Å². The molecule has 96 valence electrons. The minimum atomic E-state index is -0.258. The molecule has 0 spiro atoms. The van der Waals surface area contributed by atoms with Gasteiger partial charge in [-0.15, -0.1) is 0 Å². The highest BCUT2D eigenvalue weighted by molar-refractivity contribution is 8.08. The second-order valence-corrected chi connectivity index (χ2v) is 6.24. The van der Waals surface area contributed by atoms with Crippen molar-refractivity contribution in [1.82, 2.24) is 0 Å². The van der Waals surface area contributed by atoms with Crippen LogP contribution in [0.3, 0.4) is 0 Å². The van der Waals surface area contributed by atoms with Crippen molar-refractivity contribution in [1.29, 1.82) is 0 Å². The Morgan fingerprint density at radius 2 is 1.58 bits per heavy atom. The van der Waals surface area contributed by atoms with E-state index < -0.39 is 0 Å². The average molecular weight is 268 g/mol. The third-order valence-corrected chi connectivity index (χ3v) is 4.04. The number of rotatable bonds is 2. The summed E-state index contributed by atoms with van der Waals surface area (Å²) in [5, 5.41) is 0. The molecular weight excluding hydrogens is 252 g/mol. The van der Waals surface area contributed by atoms with Crippen molar-refractivity contribution in [3.8, 4) is 5.75 Å². The number of para-hydroxylation sites is 1. The first-order valence-corrected chi connectivity index (χ1v) is 7.20. The van der Waals surface area contributed by atoms with Gasteiger partial charge in [0.25, 0.3) is 0 Å². The Bertz CT molecular complexity index is 614. The fourth-order valence-corrected chi connectivity index (χ4v) is 3.33. The molecule has 1 aliphatic rings. The summed E-state index contributed by atoms with van der Waals surface area (Å²) in [5.41, 5.74) is 0.918. The number of ether oxygens (including phenoxy) is 1. The summed E-state index contributed by atoms with van der Waals surface area (Å²) in [4.78, 5) is 2.51. The number of hydrogen-bond donors (Lipinski definition) is 0. The molecule has 19 heavy (non-hydrogen) atoms. The van der Waals surface area contributed by atoms with Crippen LogP contribution in [0.5, 0.6) is 5.75 Å². The van der Waals surface area contributed by atoms with Crippen LogP contribution < -0.4 is 4.74 Å². The molecule has 0 saturated heterocycles. The predicted octanol–water partition coefficient (Wildman–Crippen LogP) is 4.99. The molecule has 0 fully saturated rings. The monoisotopic (exact) mass is 268 g/mol. The van der Waals surface area contributed by atoms with Gasteiger partial charge in [0.2, 0.25) is 0 Å². The molecule has 1 nitrogen and oxygen atoms in total. The number of fused-ring (bicyclic) bond motifs is 1. The average Bonchev–Trinajstić information content (AvgIpc) is 2.38. The van der Waals surface area contributed by atoms with Crippen LogP contribution in [-0.4, -0.2) is 5.60 Å². The van der Waals surface area contributed by atoms with Crippen LogP contribution in [-0.2, 0) is 0 Å². The molecule has 0 amide bonds. The quantitative estimate of drug-likeness (QED) is 0.758. The van der Waals surface area contributed by atoms with E-state index in [-0.39, 0.29) is 5.60 Å². The van der Waals surface area contributed by atoms with E-state index in [2.05, 4.69) is 56.3 Å². The molecule has 2 heteroatoms. The fourth-order valence-electron chi connectivity index (χ4n) is 2.17. The van der Waals surface area contributed by atoms with Gasteiger partial charge in [0.1, 0.15) is 11.4 Å². The highest BCUT2D eigenvalue weighted by Crippen LogP contribution is 2.43. The summed E-state index contributed by atoms with van der Waals surface area (Å²) in [6, 6.07) is 18.7. The summed E-state index contributed by atoms with van der Waals surface area (Å²) in [6.07, 6.45) is 2.20. The standard InChI is InChI=1S/C17H16OS/c1-17(2)12-16(19-13-8-4-3-5-9-13)14-10-6-7-11-15(14)18-17/h3-12H,1-2H3. The minimum absolute atomic E-state index is 0.258. The van der Waals surface area contributed by atoms with Crippen molar-refractivity contribution in [2.45, 2.75) is 24.3 Å². The Balaban J connectivity index is 2.01. The molecule has 0 saturated carbocycles. The maximum atomic E-state index is 6.00. The van der Waals surface area contributed by atoms with Crippen LogP contribution in [0.4, 0.5) is 0 Å². The lowest BCUT2D eigenvalue weighted by Crippen LogP contribution is -2.28. The second kappa shape index (κ2) is 4.78. The zero-order valence-electron chi connectivity index (χ0n) is 11.1. The van der Waals surface area contributed by atoms with Crippen LogP contribution >= 0.6 is 11.8 Å². The first kappa shape index (κ1) is 12.4. The van der Waals surface area contributed by atoms with Crippen molar-refractivity contribution >= 4 is 16.7 Å². The normalized spacial score (nSPS) is 16.2. The fraction of sp³-hybridized carbons (Fsp3) is 0.176. The lowest BCUT2D eigenvalue weighted by Gasteiger charge is -2.30. The highest BCUT2D eigenvalue weighted by atomic mass is 32.2. The first-order chi connectivity index (χ1) is 9.14. The molecule has 0 aromatic heterocycles.